The SMILES string of the molecule is Nc1nc(-c2ccc([N+](=O)[O-])cc2)ncc1I. The van der Waals surface area contributed by atoms with Crippen LogP contribution in [0.2, 0.25) is 0 Å². The smallest absolute Gasteiger partial charge is 0.269 e. The molecule has 0 aliphatic carbocycles. The van der Waals surface area contributed by atoms with Crippen molar-refractivity contribution in [2.45, 2.75) is 0 Å². The number of benzene rings is 1. The van der Waals surface area contributed by atoms with Gasteiger partial charge in [-0.05, 0) is 34.7 Å². The number of nitrogen functional groups attached to an aromatic ring is 1. The quantitative estimate of drug-likeness (QED) is 0.513. The number of hydrogen-bond acceptors (Lipinski definition) is 5. The molecule has 0 radical (unpaired) electrons. The molecule has 86 valence electrons. The van der Waals surface area contributed by atoms with E-state index in [1.807, 2.05) is 22.6 Å². The zero-order valence-electron chi connectivity index (χ0n) is 8.50. The Bertz CT molecular complexity index is 571. The topological polar surface area (TPSA) is 94.9 Å². The minimum absolute atomic E-state index is 0.0345. The van der Waals surface area contributed by atoms with E-state index in [1.165, 1.54) is 12.1 Å². The second-order valence-corrected chi connectivity index (χ2v) is 4.39. The van der Waals surface area contributed by atoms with Crippen molar-refractivity contribution >= 4 is 34.1 Å². The first-order valence-electron chi connectivity index (χ1n) is 4.61. The Labute approximate surface area is 110 Å². The van der Waals surface area contributed by atoms with Crippen LogP contribution >= 0.6 is 22.6 Å². The molecule has 6 nitrogen and oxygen atoms in total. The van der Waals surface area contributed by atoms with Crippen LogP contribution in [-0.4, -0.2) is 14.9 Å². The van der Waals surface area contributed by atoms with Crippen LogP contribution in [0, 0.1) is 13.7 Å². The summed E-state index contributed by atoms with van der Waals surface area (Å²) in [6.45, 7) is 0. The number of nitro benzene ring substituents is 1. The predicted octanol–water partition coefficient (Wildman–Crippen LogP) is 2.24. The Morgan fingerprint density at radius 1 is 1.29 bits per heavy atom. The molecule has 0 atom stereocenters. The number of halogens is 1. The van der Waals surface area contributed by atoms with Gasteiger partial charge in [-0.2, -0.15) is 0 Å². The van der Waals surface area contributed by atoms with Crippen LogP contribution < -0.4 is 5.73 Å². The van der Waals surface area contributed by atoms with E-state index in [2.05, 4.69) is 9.97 Å². The highest BCUT2D eigenvalue weighted by Gasteiger charge is 2.08. The Hall–Kier alpha value is -1.77. The van der Waals surface area contributed by atoms with Crippen LogP contribution in [-0.2, 0) is 0 Å². The number of nitro groups is 1. The molecule has 2 N–H and O–H groups in total. The van der Waals surface area contributed by atoms with Gasteiger partial charge in [-0.1, -0.05) is 0 Å². The van der Waals surface area contributed by atoms with Crippen molar-refractivity contribution in [1.82, 2.24) is 9.97 Å². The largest absolute Gasteiger partial charge is 0.383 e. The number of rotatable bonds is 2. The average molecular weight is 342 g/mol. The monoisotopic (exact) mass is 342 g/mol. The molecule has 0 bridgehead atoms. The van der Waals surface area contributed by atoms with E-state index < -0.39 is 4.92 Å². The second-order valence-electron chi connectivity index (χ2n) is 3.23. The normalized spacial score (nSPS) is 10.2. The van der Waals surface area contributed by atoms with Crippen LogP contribution in [0.3, 0.4) is 0 Å². The maximum absolute atomic E-state index is 10.5. The van der Waals surface area contributed by atoms with E-state index in [1.54, 1.807) is 18.3 Å². The predicted molar refractivity (Wildman–Crippen MR) is 71.3 cm³/mol. The zero-order valence-corrected chi connectivity index (χ0v) is 10.7. The van der Waals surface area contributed by atoms with Crippen LogP contribution in [0.1, 0.15) is 0 Å². The van der Waals surface area contributed by atoms with Gasteiger partial charge < -0.3 is 5.73 Å². The fourth-order valence-electron chi connectivity index (χ4n) is 1.25. The van der Waals surface area contributed by atoms with Crippen molar-refractivity contribution in [3.05, 3.63) is 44.1 Å². The lowest BCUT2D eigenvalue weighted by Gasteiger charge is -2.02. The molecule has 0 amide bonds. The molecule has 2 aromatic rings. The highest BCUT2D eigenvalue weighted by Crippen LogP contribution is 2.21. The summed E-state index contributed by atoms with van der Waals surface area (Å²) in [5, 5.41) is 10.5. The van der Waals surface area contributed by atoms with Crippen LogP contribution in [0.15, 0.2) is 30.5 Å². The highest BCUT2D eigenvalue weighted by molar-refractivity contribution is 14.1. The molecule has 0 aliphatic heterocycles. The first kappa shape index (κ1) is 11.7. The van der Waals surface area contributed by atoms with Crippen molar-refractivity contribution in [3.63, 3.8) is 0 Å². The molecule has 7 heteroatoms. The van der Waals surface area contributed by atoms with E-state index in [4.69, 9.17) is 5.73 Å². The van der Waals surface area contributed by atoms with Crippen LogP contribution in [0.25, 0.3) is 11.4 Å². The number of anilines is 1. The molecule has 1 aromatic carbocycles. The third-order valence-electron chi connectivity index (χ3n) is 2.11. The molecule has 0 saturated heterocycles. The Kier molecular flexibility index (Phi) is 3.18. The molecule has 2 rings (SSSR count). The lowest BCUT2D eigenvalue weighted by Crippen LogP contribution is -1.98. The summed E-state index contributed by atoms with van der Waals surface area (Å²) in [6, 6.07) is 6.01. The molecule has 0 fully saturated rings. The Morgan fingerprint density at radius 2 is 1.94 bits per heavy atom. The molecule has 0 unspecified atom stereocenters. The summed E-state index contributed by atoms with van der Waals surface area (Å²) in [6.07, 6.45) is 1.61. The standard InChI is InChI=1S/C10H7IN4O2/c11-8-5-13-10(14-9(8)12)6-1-3-7(4-2-6)15(16)17/h1-5H,(H2,12,13,14). The van der Waals surface area contributed by atoms with E-state index in [0.29, 0.717) is 17.2 Å². The third-order valence-corrected chi connectivity index (χ3v) is 2.94. The van der Waals surface area contributed by atoms with Gasteiger partial charge in [-0.25, -0.2) is 9.97 Å². The number of aromatic nitrogens is 2. The van der Waals surface area contributed by atoms with E-state index in [9.17, 15) is 10.1 Å². The maximum atomic E-state index is 10.5. The van der Waals surface area contributed by atoms with E-state index >= 15 is 0 Å². The van der Waals surface area contributed by atoms with Gasteiger partial charge >= 0.3 is 0 Å². The molecule has 0 aliphatic rings. The van der Waals surface area contributed by atoms with Gasteiger partial charge in [0.05, 0.1) is 8.49 Å². The molecule has 1 heterocycles. The van der Waals surface area contributed by atoms with Gasteiger partial charge in [-0.15, -0.1) is 0 Å². The lowest BCUT2D eigenvalue weighted by atomic mass is 10.2. The van der Waals surface area contributed by atoms with Crippen molar-refractivity contribution in [3.8, 4) is 11.4 Å². The molecular weight excluding hydrogens is 335 g/mol. The fraction of sp³-hybridized carbons (Fsp3) is 0. The van der Waals surface area contributed by atoms with Gasteiger partial charge in [0.2, 0.25) is 0 Å². The summed E-state index contributed by atoms with van der Waals surface area (Å²) in [7, 11) is 0. The third kappa shape index (κ3) is 2.49. The number of hydrogen-bond donors (Lipinski definition) is 1. The summed E-state index contributed by atoms with van der Waals surface area (Å²) < 4.78 is 0.772. The Morgan fingerprint density at radius 3 is 2.47 bits per heavy atom. The number of nitrogens with zero attached hydrogens (tertiary/aromatic N) is 3. The number of nitrogens with two attached hydrogens (primary N) is 1. The van der Waals surface area contributed by atoms with Crippen LogP contribution in [0.5, 0.6) is 0 Å². The van der Waals surface area contributed by atoms with Gasteiger partial charge in [0.1, 0.15) is 5.82 Å². The van der Waals surface area contributed by atoms with Gasteiger partial charge in [-0.3, -0.25) is 10.1 Å². The summed E-state index contributed by atoms with van der Waals surface area (Å²) in [4.78, 5) is 18.3. The van der Waals surface area contributed by atoms with Crippen molar-refractivity contribution in [1.29, 1.82) is 0 Å². The summed E-state index contributed by atoms with van der Waals surface area (Å²) in [5.41, 5.74) is 6.40. The minimum Gasteiger partial charge on any atom is -0.383 e. The van der Waals surface area contributed by atoms with Gasteiger partial charge in [0.15, 0.2) is 5.82 Å². The van der Waals surface area contributed by atoms with Crippen molar-refractivity contribution in [2.24, 2.45) is 0 Å². The fourth-order valence-corrected chi connectivity index (χ4v) is 1.51. The number of non-ortho nitro benzene ring substituents is 1. The zero-order chi connectivity index (χ0) is 12.4. The van der Waals surface area contributed by atoms with Crippen molar-refractivity contribution in [2.75, 3.05) is 5.73 Å². The Balaban J connectivity index is 2.39. The van der Waals surface area contributed by atoms with Gasteiger partial charge in [0.25, 0.3) is 5.69 Å². The first-order chi connectivity index (χ1) is 8.08. The first-order valence-corrected chi connectivity index (χ1v) is 5.68. The molecule has 0 spiro atoms. The minimum atomic E-state index is -0.451. The lowest BCUT2D eigenvalue weighted by molar-refractivity contribution is -0.384. The molecule has 1 aromatic heterocycles. The highest BCUT2D eigenvalue weighted by atomic mass is 127. The van der Waals surface area contributed by atoms with Crippen LogP contribution in [0.4, 0.5) is 11.5 Å². The van der Waals surface area contributed by atoms with Gasteiger partial charge in [0, 0.05) is 23.9 Å². The van der Waals surface area contributed by atoms with E-state index in [0.717, 1.165) is 3.57 Å². The summed E-state index contributed by atoms with van der Waals surface area (Å²) >= 11 is 2.04. The molecule has 0 saturated carbocycles. The van der Waals surface area contributed by atoms with Crippen molar-refractivity contribution < 1.29 is 4.92 Å². The van der Waals surface area contributed by atoms with E-state index in [-0.39, 0.29) is 5.69 Å². The molecule has 17 heavy (non-hydrogen) atoms. The second kappa shape index (κ2) is 4.62. The summed E-state index contributed by atoms with van der Waals surface area (Å²) in [5.74, 6) is 0.853. The molecular formula is C10H7IN4O2. The maximum Gasteiger partial charge on any atom is 0.269 e. The average Bonchev–Trinajstić information content (AvgIpc) is 2.33.